The molecular formula is C16H24N2. The number of piperidine rings is 1. The van der Waals surface area contributed by atoms with Crippen molar-refractivity contribution in [2.75, 3.05) is 29.9 Å². The van der Waals surface area contributed by atoms with Crippen LogP contribution < -0.4 is 10.2 Å². The Morgan fingerprint density at radius 2 is 1.94 bits per heavy atom. The van der Waals surface area contributed by atoms with Crippen molar-refractivity contribution in [3.05, 3.63) is 36.9 Å². The average molecular weight is 244 g/mol. The van der Waals surface area contributed by atoms with E-state index in [0.29, 0.717) is 0 Å². The monoisotopic (exact) mass is 244 g/mol. The second kappa shape index (κ2) is 7.10. The highest BCUT2D eigenvalue weighted by molar-refractivity contribution is 5.70. The summed E-state index contributed by atoms with van der Waals surface area (Å²) < 4.78 is 0. The molecule has 1 aromatic rings. The number of unbranched alkanes of at least 4 members (excludes halogenated alkanes) is 1. The van der Waals surface area contributed by atoms with Crippen molar-refractivity contribution in [2.45, 2.75) is 32.1 Å². The molecule has 1 aliphatic heterocycles. The van der Waals surface area contributed by atoms with Crippen LogP contribution in [0.1, 0.15) is 32.1 Å². The molecule has 2 heteroatoms. The summed E-state index contributed by atoms with van der Waals surface area (Å²) in [6, 6.07) is 8.68. The number of para-hydroxylation sites is 2. The number of hydrogen-bond donors (Lipinski definition) is 1. The first-order valence-electron chi connectivity index (χ1n) is 7.10. The Labute approximate surface area is 111 Å². The number of nitrogens with one attached hydrogen (secondary N) is 1. The Bertz CT molecular complexity index is 367. The Hall–Kier alpha value is -1.44. The lowest BCUT2D eigenvalue weighted by atomic mass is 10.1. The fraction of sp³-hybridized carbons (Fsp3) is 0.500. The van der Waals surface area contributed by atoms with Crippen LogP contribution >= 0.6 is 0 Å². The molecule has 0 aliphatic carbocycles. The molecule has 1 aliphatic rings. The summed E-state index contributed by atoms with van der Waals surface area (Å²) in [5.74, 6) is 0. The number of nitrogens with zero attached hydrogens (tertiary/aromatic N) is 1. The van der Waals surface area contributed by atoms with Gasteiger partial charge in [-0.3, -0.25) is 0 Å². The zero-order valence-corrected chi connectivity index (χ0v) is 11.2. The van der Waals surface area contributed by atoms with Gasteiger partial charge in [-0.05, 0) is 44.2 Å². The molecule has 0 saturated carbocycles. The van der Waals surface area contributed by atoms with Crippen molar-refractivity contribution in [2.24, 2.45) is 0 Å². The van der Waals surface area contributed by atoms with Gasteiger partial charge in [0.15, 0.2) is 0 Å². The van der Waals surface area contributed by atoms with Gasteiger partial charge in [0.2, 0.25) is 0 Å². The highest BCUT2D eigenvalue weighted by Gasteiger charge is 2.13. The van der Waals surface area contributed by atoms with Gasteiger partial charge < -0.3 is 10.2 Å². The maximum absolute atomic E-state index is 3.76. The molecule has 98 valence electrons. The van der Waals surface area contributed by atoms with E-state index < -0.39 is 0 Å². The van der Waals surface area contributed by atoms with Crippen LogP contribution in [0.4, 0.5) is 11.4 Å². The zero-order valence-electron chi connectivity index (χ0n) is 11.2. The largest absolute Gasteiger partial charge is 0.383 e. The van der Waals surface area contributed by atoms with Crippen molar-refractivity contribution >= 4 is 11.4 Å². The fourth-order valence-corrected chi connectivity index (χ4v) is 2.50. The summed E-state index contributed by atoms with van der Waals surface area (Å²) in [4.78, 5) is 2.51. The van der Waals surface area contributed by atoms with Gasteiger partial charge in [-0.1, -0.05) is 18.2 Å². The Balaban J connectivity index is 1.97. The van der Waals surface area contributed by atoms with Gasteiger partial charge in [0.1, 0.15) is 0 Å². The molecule has 0 aromatic heterocycles. The van der Waals surface area contributed by atoms with Crippen LogP contribution in [0.3, 0.4) is 0 Å². The zero-order chi connectivity index (χ0) is 12.6. The number of rotatable bonds is 6. The Kier molecular flexibility index (Phi) is 5.13. The second-order valence-corrected chi connectivity index (χ2v) is 4.92. The molecular weight excluding hydrogens is 220 g/mol. The van der Waals surface area contributed by atoms with E-state index in [1.807, 2.05) is 6.08 Å². The van der Waals surface area contributed by atoms with Crippen LogP contribution in [0.15, 0.2) is 36.9 Å². The maximum Gasteiger partial charge on any atom is 0.0602 e. The second-order valence-electron chi connectivity index (χ2n) is 4.92. The summed E-state index contributed by atoms with van der Waals surface area (Å²) in [5, 5.41) is 3.56. The first-order valence-corrected chi connectivity index (χ1v) is 7.10. The third-order valence-corrected chi connectivity index (χ3v) is 3.50. The lowest BCUT2D eigenvalue weighted by Gasteiger charge is -2.30. The number of allylic oxidation sites excluding steroid dienone is 1. The highest BCUT2D eigenvalue weighted by Crippen LogP contribution is 2.28. The van der Waals surface area contributed by atoms with E-state index in [9.17, 15) is 0 Å². The van der Waals surface area contributed by atoms with Crippen LogP contribution in [0.2, 0.25) is 0 Å². The molecule has 0 spiro atoms. The molecule has 18 heavy (non-hydrogen) atoms. The van der Waals surface area contributed by atoms with Gasteiger partial charge in [-0.2, -0.15) is 0 Å². The molecule has 0 atom stereocenters. The van der Waals surface area contributed by atoms with Gasteiger partial charge in [-0.25, -0.2) is 0 Å². The predicted octanol–water partition coefficient (Wildman–Crippen LogP) is 4.06. The van der Waals surface area contributed by atoms with E-state index in [2.05, 4.69) is 41.1 Å². The van der Waals surface area contributed by atoms with Crippen molar-refractivity contribution < 1.29 is 0 Å². The minimum atomic E-state index is 1.02. The molecule has 0 amide bonds. The van der Waals surface area contributed by atoms with Gasteiger partial charge in [-0.15, -0.1) is 6.58 Å². The van der Waals surface area contributed by atoms with E-state index in [-0.39, 0.29) is 0 Å². The Morgan fingerprint density at radius 1 is 1.17 bits per heavy atom. The molecule has 1 heterocycles. The van der Waals surface area contributed by atoms with E-state index in [0.717, 1.165) is 19.4 Å². The van der Waals surface area contributed by atoms with E-state index in [4.69, 9.17) is 0 Å². The summed E-state index contributed by atoms with van der Waals surface area (Å²) in [5.41, 5.74) is 2.65. The van der Waals surface area contributed by atoms with Gasteiger partial charge in [0.05, 0.1) is 11.4 Å². The molecule has 1 saturated heterocycles. The number of hydrogen-bond acceptors (Lipinski definition) is 2. The SMILES string of the molecule is C=CCCCNc1ccccc1N1CCCCC1. The van der Waals surface area contributed by atoms with Gasteiger partial charge in [0.25, 0.3) is 0 Å². The van der Waals surface area contributed by atoms with E-state index in [1.54, 1.807) is 0 Å². The first-order chi connectivity index (χ1) is 8.92. The molecule has 1 aromatic carbocycles. The lowest BCUT2D eigenvalue weighted by Crippen LogP contribution is -2.30. The average Bonchev–Trinajstić information content (AvgIpc) is 2.45. The maximum atomic E-state index is 3.76. The topological polar surface area (TPSA) is 15.3 Å². The minimum absolute atomic E-state index is 1.02. The fourth-order valence-electron chi connectivity index (χ4n) is 2.50. The molecule has 1 N–H and O–H groups in total. The van der Waals surface area contributed by atoms with Crippen molar-refractivity contribution in [3.8, 4) is 0 Å². The summed E-state index contributed by atoms with van der Waals surface area (Å²) in [6.07, 6.45) is 8.25. The summed E-state index contributed by atoms with van der Waals surface area (Å²) in [7, 11) is 0. The lowest BCUT2D eigenvalue weighted by molar-refractivity contribution is 0.578. The Morgan fingerprint density at radius 3 is 2.72 bits per heavy atom. The van der Waals surface area contributed by atoms with Crippen LogP contribution in [-0.4, -0.2) is 19.6 Å². The van der Waals surface area contributed by atoms with Crippen LogP contribution in [0.25, 0.3) is 0 Å². The van der Waals surface area contributed by atoms with Crippen molar-refractivity contribution in [1.82, 2.24) is 0 Å². The summed E-state index contributed by atoms with van der Waals surface area (Å²) in [6.45, 7) is 7.18. The first kappa shape index (κ1) is 13.0. The molecule has 0 radical (unpaired) electrons. The highest BCUT2D eigenvalue weighted by atomic mass is 15.1. The quantitative estimate of drug-likeness (QED) is 0.600. The molecule has 0 unspecified atom stereocenters. The minimum Gasteiger partial charge on any atom is -0.383 e. The number of anilines is 2. The number of benzene rings is 1. The molecule has 2 rings (SSSR count). The van der Waals surface area contributed by atoms with Crippen molar-refractivity contribution in [3.63, 3.8) is 0 Å². The molecule has 1 fully saturated rings. The van der Waals surface area contributed by atoms with Gasteiger partial charge in [0, 0.05) is 19.6 Å². The summed E-state index contributed by atoms with van der Waals surface area (Å²) >= 11 is 0. The molecule has 2 nitrogen and oxygen atoms in total. The van der Waals surface area contributed by atoms with E-state index >= 15 is 0 Å². The van der Waals surface area contributed by atoms with Crippen LogP contribution in [-0.2, 0) is 0 Å². The molecule has 0 bridgehead atoms. The van der Waals surface area contributed by atoms with Crippen molar-refractivity contribution in [1.29, 1.82) is 0 Å². The van der Waals surface area contributed by atoms with Crippen LogP contribution in [0.5, 0.6) is 0 Å². The third kappa shape index (κ3) is 3.52. The van der Waals surface area contributed by atoms with E-state index in [1.165, 1.54) is 43.7 Å². The normalized spacial score (nSPS) is 15.4. The third-order valence-electron chi connectivity index (χ3n) is 3.50. The predicted molar refractivity (Wildman–Crippen MR) is 80.4 cm³/mol. The van der Waals surface area contributed by atoms with Gasteiger partial charge >= 0.3 is 0 Å². The smallest absolute Gasteiger partial charge is 0.0602 e. The van der Waals surface area contributed by atoms with Crippen LogP contribution in [0, 0.1) is 0 Å². The standard InChI is InChI=1S/C16H24N2/c1-2-3-7-12-17-15-10-5-6-11-16(15)18-13-8-4-9-14-18/h2,5-6,10-11,17H,1,3-4,7-9,12-14H2.